The maximum atomic E-state index is 12.7. The maximum Gasteiger partial charge on any atom is 0.343 e. The number of ether oxygens (including phenoxy) is 3. The van der Waals surface area contributed by atoms with Crippen LogP contribution in [0.1, 0.15) is 74.4 Å². The number of rotatable bonds is 11. The summed E-state index contributed by atoms with van der Waals surface area (Å²) in [6.07, 6.45) is 10.2. The van der Waals surface area contributed by atoms with Crippen molar-refractivity contribution >= 4 is 29.1 Å². The molecule has 236 valence electrons. The van der Waals surface area contributed by atoms with Crippen LogP contribution in [0.25, 0.3) is 6.08 Å². The SMILES string of the molecule is CCCCCCCOc1ccc(OC(=O)c2ccc(N=Nc3ccc4c(c3)C=C[C@]3(O4)N(C)c4ccccc4C3(C)C)cc2)cc1. The van der Waals surface area contributed by atoms with Crippen LogP contribution in [-0.2, 0) is 5.41 Å². The van der Waals surface area contributed by atoms with Crippen LogP contribution in [0, 0.1) is 0 Å². The molecule has 0 aliphatic carbocycles. The van der Waals surface area contributed by atoms with Gasteiger partial charge in [-0.15, -0.1) is 0 Å². The summed E-state index contributed by atoms with van der Waals surface area (Å²) in [5.41, 5.74) is 4.27. The zero-order chi connectivity index (χ0) is 32.1. The topological polar surface area (TPSA) is 72.7 Å². The van der Waals surface area contributed by atoms with Gasteiger partial charge in [-0.25, -0.2) is 4.79 Å². The van der Waals surface area contributed by atoms with E-state index < -0.39 is 11.7 Å². The quantitative estimate of drug-likeness (QED) is 0.0726. The van der Waals surface area contributed by atoms with E-state index in [1.807, 2.05) is 30.3 Å². The summed E-state index contributed by atoms with van der Waals surface area (Å²) in [5, 5.41) is 8.82. The van der Waals surface area contributed by atoms with Crippen molar-refractivity contribution in [2.24, 2.45) is 10.2 Å². The Morgan fingerprint density at radius 1 is 0.826 bits per heavy atom. The van der Waals surface area contributed by atoms with Gasteiger partial charge >= 0.3 is 5.97 Å². The monoisotopic (exact) mass is 615 g/mol. The number of anilines is 1. The summed E-state index contributed by atoms with van der Waals surface area (Å²) in [4.78, 5) is 14.9. The van der Waals surface area contributed by atoms with Crippen LogP contribution in [0.3, 0.4) is 0 Å². The third-order valence-electron chi connectivity index (χ3n) is 9.02. The molecule has 0 saturated carbocycles. The van der Waals surface area contributed by atoms with Gasteiger partial charge in [0.25, 0.3) is 0 Å². The van der Waals surface area contributed by atoms with Crippen molar-refractivity contribution in [3.63, 3.8) is 0 Å². The molecule has 2 heterocycles. The lowest BCUT2D eigenvalue weighted by Gasteiger charge is -2.45. The molecule has 0 saturated heterocycles. The number of azo groups is 1. The largest absolute Gasteiger partial charge is 0.494 e. The molecule has 7 nitrogen and oxygen atoms in total. The number of nitrogens with zero attached hydrogens (tertiary/aromatic N) is 3. The highest BCUT2D eigenvalue weighted by Crippen LogP contribution is 2.54. The van der Waals surface area contributed by atoms with Crippen LogP contribution in [0.15, 0.2) is 107 Å². The molecule has 0 unspecified atom stereocenters. The van der Waals surface area contributed by atoms with Crippen LogP contribution < -0.4 is 19.1 Å². The number of fused-ring (bicyclic) bond motifs is 2. The molecule has 2 aliphatic rings. The average Bonchev–Trinajstić information content (AvgIpc) is 3.24. The molecule has 0 radical (unpaired) electrons. The number of carbonyl (C=O) groups is 1. The second-order valence-corrected chi connectivity index (χ2v) is 12.4. The lowest BCUT2D eigenvalue weighted by atomic mass is 9.76. The van der Waals surface area contributed by atoms with E-state index in [0.717, 1.165) is 23.5 Å². The zero-order valence-corrected chi connectivity index (χ0v) is 27.0. The molecular formula is C39H41N3O4. The highest BCUT2D eigenvalue weighted by molar-refractivity contribution is 5.91. The Balaban J connectivity index is 1.04. The Hall–Kier alpha value is -4.91. The van der Waals surface area contributed by atoms with Crippen molar-refractivity contribution < 1.29 is 19.0 Å². The third kappa shape index (κ3) is 6.14. The molecule has 1 atom stereocenters. The van der Waals surface area contributed by atoms with Crippen molar-refractivity contribution in [3.05, 3.63) is 114 Å². The van der Waals surface area contributed by atoms with Crippen molar-refractivity contribution in [1.29, 1.82) is 0 Å². The third-order valence-corrected chi connectivity index (χ3v) is 9.02. The number of hydrogen-bond donors (Lipinski definition) is 0. The molecule has 0 fully saturated rings. The molecule has 7 heteroatoms. The Kier molecular flexibility index (Phi) is 8.93. The minimum Gasteiger partial charge on any atom is -0.494 e. The van der Waals surface area contributed by atoms with E-state index in [1.165, 1.54) is 36.9 Å². The van der Waals surface area contributed by atoms with E-state index in [1.54, 1.807) is 36.4 Å². The number of esters is 1. The molecule has 46 heavy (non-hydrogen) atoms. The Morgan fingerprint density at radius 3 is 2.28 bits per heavy atom. The first-order chi connectivity index (χ1) is 22.3. The second-order valence-electron chi connectivity index (χ2n) is 12.4. The standard InChI is InChI=1S/C39H41N3O4/c1-5-6-7-8-11-26-44-32-19-21-33(22-20-32)45-37(43)28-14-16-30(17-15-28)40-41-31-18-23-36-29(27-31)24-25-39(46-36)38(2,3)34-12-9-10-13-35(34)42(39)4/h9-10,12-25,27H,5-8,11,26H2,1-4H3/t39-/m1/s1. The van der Waals surface area contributed by atoms with Crippen LogP contribution in [-0.4, -0.2) is 25.3 Å². The minimum atomic E-state index is -0.624. The van der Waals surface area contributed by atoms with Crippen molar-refractivity contribution in [2.75, 3.05) is 18.6 Å². The predicted molar refractivity (Wildman–Crippen MR) is 183 cm³/mol. The molecule has 6 rings (SSSR count). The molecular weight excluding hydrogens is 574 g/mol. The first-order valence-electron chi connectivity index (χ1n) is 16.1. The number of unbranched alkanes of at least 4 members (excludes halogenated alkanes) is 4. The smallest absolute Gasteiger partial charge is 0.343 e. The molecule has 4 aromatic carbocycles. The van der Waals surface area contributed by atoms with Crippen LogP contribution in [0.5, 0.6) is 17.2 Å². The van der Waals surface area contributed by atoms with E-state index in [0.29, 0.717) is 29.3 Å². The van der Waals surface area contributed by atoms with Crippen molar-refractivity contribution in [2.45, 2.75) is 64.0 Å². The molecule has 4 aromatic rings. The van der Waals surface area contributed by atoms with Crippen molar-refractivity contribution in [1.82, 2.24) is 0 Å². The van der Waals surface area contributed by atoms with Gasteiger partial charge in [-0.3, -0.25) is 0 Å². The zero-order valence-electron chi connectivity index (χ0n) is 27.0. The molecule has 0 aromatic heterocycles. The highest BCUT2D eigenvalue weighted by atomic mass is 16.5. The lowest BCUT2D eigenvalue weighted by molar-refractivity contribution is 0.0582. The number of hydrogen-bond acceptors (Lipinski definition) is 7. The van der Waals surface area contributed by atoms with Gasteiger partial charge in [0, 0.05) is 18.3 Å². The molecule has 0 amide bonds. The van der Waals surface area contributed by atoms with Crippen LogP contribution >= 0.6 is 0 Å². The van der Waals surface area contributed by atoms with Gasteiger partial charge in [0.2, 0.25) is 5.72 Å². The first kappa shape index (κ1) is 31.1. The molecule has 0 bridgehead atoms. The summed E-state index contributed by atoms with van der Waals surface area (Å²) >= 11 is 0. The number of benzene rings is 4. The summed E-state index contributed by atoms with van der Waals surface area (Å²) in [6, 6.07) is 28.3. The summed E-state index contributed by atoms with van der Waals surface area (Å²) in [6.45, 7) is 7.35. The second kappa shape index (κ2) is 13.2. The molecule has 2 aliphatic heterocycles. The summed E-state index contributed by atoms with van der Waals surface area (Å²) in [5.74, 6) is 1.60. The van der Waals surface area contributed by atoms with Crippen LogP contribution in [0.2, 0.25) is 0 Å². The summed E-state index contributed by atoms with van der Waals surface area (Å²) < 4.78 is 18.1. The molecule has 0 N–H and O–H groups in total. The summed E-state index contributed by atoms with van der Waals surface area (Å²) in [7, 11) is 2.08. The molecule has 1 spiro atoms. The fourth-order valence-corrected chi connectivity index (χ4v) is 6.27. The average molecular weight is 616 g/mol. The normalized spacial score (nSPS) is 17.5. The van der Waals surface area contributed by atoms with Gasteiger partial charge in [0.15, 0.2) is 0 Å². The number of likely N-dealkylation sites (N-methyl/N-ethyl adjacent to an activating group) is 1. The van der Waals surface area contributed by atoms with Crippen molar-refractivity contribution in [3.8, 4) is 17.2 Å². The number of para-hydroxylation sites is 1. The fraction of sp³-hybridized carbons (Fsp3) is 0.308. The first-order valence-corrected chi connectivity index (χ1v) is 16.1. The minimum absolute atomic E-state index is 0.254. The fourth-order valence-electron chi connectivity index (χ4n) is 6.27. The van der Waals surface area contributed by atoms with Gasteiger partial charge in [-0.2, -0.15) is 10.2 Å². The van der Waals surface area contributed by atoms with Gasteiger partial charge in [0.1, 0.15) is 17.2 Å². The Labute approximate surface area is 271 Å². The van der Waals surface area contributed by atoms with E-state index in [-0.39, 0.29) is 5.41 Å². The maximum absolute atomic E-state index is 12.7. The van der Waals surface area contributed by atoms with Gasteiger partial charge < -0.3 is 19.1 Å². The van der Waals surface area contributed by atoms with E-state index in [4.69, 9.17) is 14.2 Å². The Morgan fingerprint density at radius 2 is 1.52 bits per heavy atom. The van der Waals surface area contributed by atoms with E-state index in [2.05, 4.69) is 79.4 Å². The van der Waals surface area contributed by atoms with Gasteiger partial charge in [-0.1, -0.05) is 50.8 Å². The lowest BCUT2D eigenvalue weighted by Crippen LogP contribution is -2.58. The predicted octanol–water partition coefficient (Wildman–Crippen LogP) is 10.2. The van der Waals surface area contributed by atoms with E-state index >= 15 is 0 Å². The number of carbonyl (C=O) groups excluding carboxylic acids is 1. The van der Waals surface area contributed by atoms with E-state index in [9.17, 15) is 4.79 Å². The van der Waals surface area contributed by atoms with Gasteiger partial charge in [0.05, 0.1) is 29.0 Å². The van der Waals surface area contributed by atoms with Crippen LogP contribution in [0.4, 0.5) is 17.1 Å². The Bertz CT molecular complexity index is 1740. The van der Waals surface area contributed by atoms with Gasteiger partial charge in [-0.05, 0) is 111 Å². The highest BCUT2D eigenvalue weighted by Gasteiger charge is 2.57.